The van der Waals surface area contributed by atoms with E-state index in [0.717, 1.165) is 22.9 Å². The number of amides is 1. The van der Waals surface area contributed by atoms with E-state index < -0.39 is 10.8 Å². The van der Waals surface area contributed by atoms with Crippen molar-refractivity contribution in [1.82, 2.24) is 10.2 Å². The summed E-state index contributed by atoms with van der Waals surface area (Å²) in [6, 6.07) is 11.8. The predicted molar refractivity (Wildman–Crippen MR) is 103 cm³/mol. The van der Waals surface area contributed by atoms with Crippen molar-refractivity contribution in [2.75, 3.05) is 18.2 Å². The summed E-state index contributed by atoms with van der Waals surface area (Å²) in [6.07, 6.45) is 0. The molecule has 10 heteroatoms. The van der Waals surface area contributed by atoms with Crippen LogP contribution in [0.2, 0.25) is 0 Å². The minimum atomic E-state index is -0.586. The van der Waals surface area contributed by atoms with Crippen LogP contribution < -0.4 is 10.1 Å². The highest BCUT2D eigenvalue weighted by Gasteiger charge is 2.18. The van der Waals surface area contributed by atoms with Crippen LogP contribution in [0.3, 0.4) is 0 Å². The van der Waals surface area contributed by atoms with Crippen LogP contribution in [0.5, 0.6) is 5.75 Å². The molecule has 0 saturated carbocycles. The summed E-state index contributed by atoms with van der Waals surface area (Å²) in [7, 11) is 1.41. The second kappa shape index (κ2) is 8.53. The smallest absolute Gasteiger partial charge is 0.296 e. The lowest BCUT2D eigenvalue weighted by molar-refractivity contribution is -0.384. The molecule has 2 aromatic carbocycles. The van der Waals surface area contributed by atoms with Gasteiger partial charge in [0.1, 0.15) is 11.4 Å². The molecule has 28 heavy (non-hydrogen) atoms. The Labute approximate surface area is 164 Å². The number of benzene rings is 2. The van der Waals surface area contributed by atoms with Crippen molar-refractivity contribution in [2.45, 2.75) is 12.1 Å². The lowest BCUT2D eigenvalue weighted by Gasteiger charge is -2.06. The Morgan fingerprint density at radius 1 is 1.29 bits per heavy atom. The number of ether oxygens (including phenoxy) is 1. The molecule has 0 fully saturated rings. The first-order valence-corrected chi connectivity index (χ1v) is 9.10. The van der Waals surface area contributed by atoms with Gasteiger partial charge < -0.3 is 14.5 Å². The van der Waals surface area contributed by atoms with E-state index in [9.17, 15) is 14.9 Å². The fraction of sp³-hybridized carbons (Fsp3) is 0.167. The van der Waals surface area contributed by atoms with Gasteiger partial charge in [0.2, 0.25) is 11.8 Å². The zero-order valence-corrected chi connectivity index (χ0v) is 15.9. The van der Waals surface area contributed by atoms with Crippen LogP contribution in [-0.4, -0.2) is 33.9 Å². The third-order valence-corrected chi connectivity index (χ3v) is 4.49. The fourth-order valence-corrected chi connectivity index (χ4v) is 2.93. The third kappa shape index (κ3) is 4.65. The van der Waals surface area contributed by atoms with Gasteiger partial charge in [-0.05, 0) is 31.2 Å². The first-order valence-electron chi connectivity index (χ1n) is 8.12. The molecule has 3 aromatic rings. The summed E-state index contributed by atoms with van der Waals surface area (Å²) in [4.78, 5) is 22.7. The van der Waals surface area contributed by atoms with Crippen LogP contribution in [0.25, 0.3) is 11.5 Å². The largest absolute Gasteiger partial charge is 0.496 e. The molecule has 1 heterocycles. The molecule has 1 amide bonds. The number of aromatic nitrogens is 2. The number of carbonyl (C=O) groups is 1. The highest BCUT2D eigenvalue weighted by Crippen LogP contribution is 2.29. The normalized spacial score (nSPS) is 10.5. The van der Waals surface area contributed by atoms with Crippen molar-refractivity contribution in [3.05, 3.63) is 58.1 Å². The van der Waals surface area contributed by atoms with Crippen LogP contribution in [0.15, 0.2) is 52.1 Å². The van der Waals surface area contributed by atoms with E-state index in [1.54, 1.807) is 0 Å². The first-order chi connectivity index (χ1) is 13.5. The molecule has 0 aliphatic rings. The van der Waals surface area contributed by atoms with Gasteiger partial charge in [0.25, 0.3) is 10.9 Å². The van der Waals surface area contributed by atoms with Crippen LogP contribution >= 0.6 is 11.8 Å². The number of nitrogens with one attached hydrogen (secondary N) is 1. The molecule has 0 saturated heterocycles. The van der Waals surface area contributed by atoms with Crippen LogP contribution in [-0.2, 0) is 4.79 Å². The van der Waals surface area contributed by atoms with Gasteiger partial charge in [-0.2, -0.15) is 0 Å². The Morgan fingerprint density at radius 2 is 2.11 bits per heavy atom. The molecule has 0 aliphatic heterocycles. The zero-order valence-electron chi connectivity index (χ0n) is 15.0. The summed E-state index contributed by atoms with van der Waals surface area (Å²) in [5, 5.41) is 21.8. The van der Waals surface area contributed by atoms with Crippen LogP contribution in [0.4, 0.5) is 11.4 Å². The number of nitrogens with zero attached hydrogens (tertiary/aromatic N) is 3. The fourth-order valence-electron chi connectivity index (χ4n) is 2.37. The van der Waals surface area contributed by atoms with E-state index in [1.165, 1.54) is 25.3 Å². The number of rotatable bonds is 7. The van der Waals surface area contributed by atoms with Crippen molar-refractivity contribution in [2.24, 2.45) is 0 Å². The predicted octanol–water partition coefficient (Wildman–Crippen LogP) is 3.69. The molecule has 144 valence electrons. The van der Waals surface area contributed by atoms with Gasteiger partial charge in [-0.1, -0.05) is 29.5 Å². The summed E-state index contributed by atoms with van der Waals surface area (Å²) < 4.78 is 10.5. The Bertz CT molecular complexity index is 1020. The standard InChI is InChI=1S/C18H16N4O5S/c1-11-4-3-5-12(8-11)17-20-21-18(27-17)28-10-16(23)19-14-7-6-13(26-2)9-15(14)22(24)25/h3-9H,10H2,1-2H3,(H,19,23). The maximum absolute atomic E-state index is 12.2. The van der Waals surface area contributed by atoms with E-state index in [4.69, 9.17) is 9.15 Å². The van der Waals surface area contributed by atoms with Crippen LogP contribution in [0, 0.1) is 17.0 Å². The van der Waals surface area contributed by atoms with E-state index in [-0.39, 0.29) is 22.4 Å². The second-order valence-electron chi connectivity index (χ2n) is 5.72. The molecular formula is C18H16N4O5S. The highest BCUT2D eigenvalue weighted by molar-refractivity contribution is 7.99. The highest BCUT2D eigenvalue weighted by atomic mass is 32.2. The average molecular weight is 400 g/mol. The number of nitro groups is 1. The Hall–Kier alpha value is -3.40. The monoisotopic (exact) mass is 400 g/mol. The molecule has 0 radical (unpaired) electrons. The van der Waals surface area contributed by atoms with E-state index in [0.29, 0.717) is 11.6 Å². The summed E-state index contributed by atoms with van der Waals surface area (Å²) in [5.74, 6) is 0.207. The number of anilines is 1. The molecule has 0 aliphatic carbocycles. The second-order valence-corrected chi connectivity index (χ2v) is 6.65. The number of aryl methyl sites for hydroxylation is 1. The third-order valence-electron chi connectivity index (χ3n) is 3.67. The Morgan fingerprint density at radius 3 is 2.82 bits per heavy atom. The van der Waals surface area contributed by atoms with E-state index in [1.807, 2.05) is 31.2 Å². The summed E-state index contributed by atoms with van der Waals surface area (Å²) in [6.45, 7) is 1.96. The molecule has 0 bridgehead atoms. The quantitative estimate of drug-likeness (QED) is 0.362. The van der Waals surface area contributed by atoms with Gasteiger partial charge >= 0.3 is 0 Å². The maximum atomic E-state index is 12.2. The molecule has 0 spiro atoms. The molecular weight excluding hydrogens is 384 g/mol. The van der Waals surface area contributed by atoms with Gasteiger partial charge in [-0.25, -0.2) is 0 Å². The van der Waals surface area contributed by atoms with Gasteiger partial charge in [0.15, 0.2) is 0 Å². The number of hydrogen-bond acceptors (Lipinski definition) is 8. The molecule has 3 rings (SSSR count). The molecule has 9 nitrogen and oxygen atoms in total. The van der Waals surface area contributed by atoms with Crippen molar-refractivity contribution in [3.63, 3.8) is 0 Å². The zero-order chi connectivity index (χ0) is 20.1. The SMILES string of the molecule is COc1ccc(NC(=O)CSc2nnc(-c3cccc(C)c3)o2)c([N+](=O)[O-])c1. The van der Waals surface area contributed by atoms with Crippen molar-refractivity contribution in [1.29, 1.82) is 0 Å². The number of nitro benzene ring substituents is 1. The molecule has 0 atom stereocenters. The molecule has 1 N–H and O–H groups in total. The lowest BCUT2D eigenvalue weighted by atomic mass is 10.1. The molecule has 1 aromatic heterocycles. The van der Waals surface area contributed by atoms with Gasteiger partial charge in [0.05, 0.1) is 23.9 Å². The molecule has 0 unspecified atom stereocenters. The number of carbonyl (C=O) groups excluding carboxylic acids is 1. The topological polar surface area (TPSA) is 120 Å². The van der Waals surface area contributed by atoms with Crippen molar-refractivity contribution < 1.29 is 18.9 Å². The van der Waals surface area contributed by atoms with Gasteiger partial charge in [0, 0.05) is 5.56 Å². The van der Waals surface area contributed by atoms with Gasteiger partial charge in [-0.15, -0.1) is 10.2 Å². The van der Waals surface area contributed by atoms with E-state index >= 15 is 0 Å². The van der Waals surface area contributed by atoms with E-state index in [2.05, 4.69) is 15.5 Å². The van der Waals surface area contributed by atoms with Crippen molar-refractivity contribution in [3.8, 4) is 17.2 Å². The average Bonchev–Trinajstić information content (AvgIpc) is 3.15. The summed E-state index contributed by atoms with van der Waals surface area (Å²) in [5.41, 5.74) is 1.68. The maximum Gasteiger partial charge on any atom is 0.296 e. The number of methoxy groups -OCH3 is 1. The first kappa shape index (κ1) is 19.4. The lowest BCUT2D eigenvalue weighted by Crippen LogP contribution is -2.15. The van der Waals surface area contributed by atoms with Crippen LogP contribution in [0.1, 0.15) is 5.56 Å². The van der Waals surface area contributed by atoms with Crippen molar-refractivity contribution >= 4 is 29.0 Å². The minimum Gasteiger partial charge on any atom is -0.496 e. The number of thioether (sulfide) groups is 1. The minimum absolute atomic E-state index is 0.0430. The Kier molecular flexibility index (Phi) is 5.90. The number of hydrogen-bond donors (Lipinski definition) is 1. The summed E-state index contributed by atoms with van der Waals surface area (Å²) >= 11 is 1.04. The Balaban J connectivity index is 1.63. The van der Waals surface area contributed by atoms with Gasteiger partial charge in [-0.3, -0.25) is 14.9 Å².